The van der Waals surface area contributed by atoms with E-state index in [1.165, 1.54) is 38.5 Å². The summed E-state index contributed by atoms with van der Waals surface area (Å²) in [7, 11) is 0. The van der Waals surface area contributed by atoms with Crippen molar-refractivity contribution >= 4 is 0 Å². The molecule has 3 nitrogen and oxygen atoms in total. The first-order valence-corrected chi connectivity index (χ1v) is 11.2. The molecule has 0 aliphatic rings. The molecule has 0 aromatic rings. The van der Waals surface area contributed by atoms with Crippen LogP contribution in [0.1, 0.15) is 128 Å². The van der Waals surface area contributed by atoms with Crippen LogP contribution in [0.15, 0.2) is 0 Å². The van der Waals surface area contributed by atoms with Crippen LogP contribution in [0.5, 0.6) is 0 Å². The lowest BCUT2D eigenvalue weighted by atomic mass is 9.93. The molecule has 0 aliphatic heterocycles. The van der Waals surface area contributed by atoms with E-state index in [2.05, 4.69) is 76.2 Å². The highest BCUT2D eigenvalue weighted by molar-refractivity contribution is 4.81. The molecule has 1 unspecified atom stereocenters. The third-order valence-corrected chi connectivity index (χ3v) is 4.24. The zero-order chi connectivity index (χ0) is 21.4. The highest BCUT2D eigenvalue weighted by Crippen LogP contribution is 2.41. The van der Waals surface area contributed by atoms with Gasteiger partial charge < -0.3 is 14.2 Å². The summed E-state index contributed by atoms with van der Waals surface area (Å²) in [5.41, 5.74) is -1.07. The van der Waals surface area contributed by atoms with Crippen molar-refractivity contribution in [3.05, 3.63) is 0 Å². The van der Waals surface area contributed by atoms with Crippen LogP contribution >= 0.6 is 0 Å². The molecular formula is C24H50O3. The summed E-state index contributed by atoms with van der Waals surface area (Å²) in [6.45, 7) is 23.2. The lowest BCUT2D eigenvalue weighted by Gasteiger charge is -2.49. The fraction of sp³-hybridized carbons (Fsp3) is 1.00. The van der Waals surface area contributed by atoms with Crippen molar-refractivity contribution in [2.45, 2.75) is 150 Å². The summed E-state index contributed by atoms with van der Waals surface area (Å²) in [6, 6.07) is 0. The topological polar surface area (TPSA) is 27.7 Å². The minimum Gasteiger partial charge on any atom is -0.321 e. The van der Waals surface area contributed by atoms with Gasteiger partial charge in [0.1, 0.15) is 0 Å². The maximum absolute atomic E-state index is 6.58. The Balaban J connectivity index is 5.50. The molecule has 27 heavy (non-hydrogen) atoms. The van der Waals surface area contributed by atoms with Crippen molar-refractivity contribution in [2.75, 3.05) is 0 Å². The molecule has 0 fully saturated rings. The highest BCUT2D eigenvalue weighted by atomic mass is 16.9. The maximum atomic E-state index is 6.58. The first-order chi connectivity index (χ1) is 12.1. The standard InChI is InChI=1S/C24H50O3/c1-12-14-15-16-17-18-19-20(13-2)24(25-21(3,4)5,26-22(6,7)8)27-23(9,10)11/h20H,12-19H2,1-11H3. The minimum atomic E-state index is -1.03. The third-order valence-electron chi connectivity index (χ3n) is 4.24. The van der Waals surface area contributed by atoms with Gasteiger partial charge in [-0.1, -0.05) is 52.4 Å². The van der Waals surface area contributed by atoms with E-state index in [0.717, 1.165) is 12.8 Å². The Hall–Kier alpha value is -0.120. The first-order valence-electron chi connectivity index (χ1n) is 11.2. The van der Waals surface area contributed by atoms with Crippen molar-refractivity contribution in [2.24, 2.45) is 5.92 Å². The smallest absolute Gasteiger partial charge is 0.287 e. The summed E-state index contributed by atoms with van der Waals surface area (Å²) < 4.78 is 19.7. The molecule has 3 heteroatoms. The predicted molar refractivity (Wildman–Crippen MR) is 117 cm³/mol. The summed E-state index contributed by atoms with van der Waals surface area (Å²) >= 11 is 0. The Kier molecular flexibility index (Phi) is 11.1. The minimum absolute atomic E-state index is 0.196. The Bertz CT molecular complexity index is 341. The van der Waals surface area contributed by atoms with Crippen LogP contribution in [0.3, 0.4) is 0 Å². The van der Waals surface area contributed by atoms with Crippen molar-refractivity contribution in [3.63, 3.8) is 0 Å². The number of unbranched alkanes of at least 4 members (excludes halogenated alkanes) is 5. The van der Waals surface area contributed by atoms with E-state index < -0.39 is 5.97 Å². The van der Waals surface area contributed by atoms with E-state index in [4.69, 9.17) is 14.2 Å². The van der Waals surface area contributed by atoms with Gasteiger partial charge in [-0.05, 0) is 75.2 Å². The lowest BCUT2D eigenvalue weighted by molar-refractivity contribution is -0.467. The van der Waals surface area contributed by atoms with Crippen LogP contribution in [-0.2, 0) is 14.2 Å². The number of hydrogen-bond acceptors (Lipinski definition) is 3. The largest absolute Gasteiger partial charge is 0.321 e. The molecule has 0 amide bonds. The van der Waals surface area contributed by atoms with Crippen LogP contribution in [-0.4, -0.2) is 22.8 Å². The lowest BCUT2D eigenvalue weighted by Crippen LogP contribution is -2.56. The zero-order valence-electron chi connectivity index (χ0n) is 20.5. The number of hydrogen-bond donors (Lipinski definition) is 0. The SMILES string of the molecule is CCCCCCCCC(CC)C(OC(C)(C)C)(OC(C)(C)C)OC(C)(C)C. The van der Waals surface area contributed by atoms with Gasteiger partial charge in [0.15, 0.2) is 0 Å². The van der Waals surface area contributed by atoms with Gasteiger partial charge in [0.05, 0.1) is 16.8 Å². The molecule has 0 bridgehead atoms. The monoisotopic (exact) mass is 386 g/mol. The molecule has 0 spiro atoms. The fourth-order valence-electron chi connectivity index (χ4n) is 3.39. The second-order valence-electron chi connectivity index (χ2n) is 10.9. The van der Waals surface area contributed by atoms with Gasteiger partial charge in [0.2, 0.25) is 0 Å². The van der Waals surface area contributed by atoms with Gasteiger partial charge in [-0.2, -0.15) is 0 Å². The molecule has 0 aromatic carbocycles. The van der Waals surface area contributed by atoms with Crippen LogP contribution in [0, 0.1) is 5.92 Å². The second kappa shape index (κ2) is 11.2. The van der Waals surface area contributed by atoms with E-state index in [-0.39, 0.29) is 22.7 Å². The first kappa shape index (κ1) is 26.9. The van der Waals surface area contributed by atoms with E-state index >= 15 is 0 Å². The summed E-state index contributed by atoms with van der Waals surface area (Å²) in [5, 5.41) is 0. The van der Waals surface area contributed by atoms with Gasteiger partial charge in [-0.25, -0.2) is 0 Å². The Labute approximate surface area is 170 Å². The average Bonchev–Trinajstić information content (AvgIpc) is 2.40. The molecule has 0 saturated heterocycles. The molecular weight excluding hydrogens is 336 g/mol. The van der Waals surface area contributed by atoms with E-state index in [0.29, 0.717) is 0 Å². The molecule has 0 radical (unpaired) electrons. The van der Waals surface area contributed by atoms with Crippen LogP contribution < -0.4 is 0 Å². The molecule has 0 aromatic heterocycles. The van der Waals surface area contributed by atoms with Crippen molar-refractivity contribution in [1.29, 1.82) is 0 Å². The third kappa shape index (κ3) is 12.9. The maximum Gasteiger partial charge on any atom is 0.287 e. The van der Waals surface area contributed by atoms with Gasteiger partial charge in [-0.3, -0.25) is 0 Å². The van der Waals surface area contributed by atoms with E-state index in [1.54, 1.807) is 0 Å². The summed E-state index contributed by atoms with van der Waals surface area (Å²) in [6.07, 6.45) is 9.78. The fourth-order valence-corrected chi connectivity index (χ4v) is 3.39. The molecule has 0 aliphatic carbocycles. The molecule has 0 rings (SSSR count). The molecule has 0 N–H and O–H groups in total. The predicted octanol–water partition coefficient (Wildman–Crippen LogP) is 7.86. The van der Waals surface area contributed by atoms with Gasteiger partial charge in [0, 0.05) is 5.92 Å². The van der Waals surface area contributed by atoms with Crippen molar-refractivity contribution in [3.8, 4) is 0 Å². The Morgan fingerprint density at radius 2 is 0.926 bits per heavy atom. The Morgan fingerprint density at radius 1 is 0.556 bits per heavy atom. The quantitative estimate of drug-likeness (QED) is 0.252. The summed E-state index contributed by atoms with van der Waals surface area (Å²) in [4.78, 5) is 0. The molecule has 0 heterocycles. The van der Waals surface area contributed by atoms with Crippen molar-refractivity contribution in [1.82, 2.24) is 0 Å². The van der Waals surface area contributed by atoms with E-state index in [1.807, 2.05) is 0 Å². The normalized spacial score (nSPS) is 15.2. The molecule has 164 valence electrons. The van der Waals surface area contributed by atoms with Gasteiger partial charge >= 0.3 is 0 Å². The highest BCUT2D eigenvalue weighted by Gasteiger charge is 2.49. The average molecular weight is 387 g/mol. The van der Waals surface area contributed by atoms with Crippen LogP contribution in [0.2, 0.25) is 0 Å². The van der Waals surface area contributed by atoms with Crippen LogP contribution in [0.4, 0.5) is 0 Å². The van der Waals surface area contributed by atoms with Gasteiger partial charge in [0.25, 0.3) is 5.97 Å². The number of rotatable bonds is 12. The van der Waals surface area contributed by atoms with Gasteiger partial charge in [-0.15, -0.1) is 0 Å². The van der Waals surface area contributed by atoms with Crippen LogP contribution in [0.25, 0.3) is 0 Å². The molecule has 0 saturated carbocycles. The van der Waals surface area contributed by atoms with E-state index in [9.17, 15) is 0 Å². The summed E-state index contributed by atoms with van der Waals surface area (Å²) in [5.74, 6) is -0.839. The molecule has 1 atom stereocenters. The Morgan fingerprint density at radius 3 is 1.26 bits per heavy atom. The van der Waals surface area contributed by atoms with Crippen molar-refractivity contribution < 1.29 is 14.2 Å². The number of ether oxygens (including phenoxy) is 3. The second-order valence-corrected chi connectivity index (χ2v) is 10.9. The zero-order valence-corrected chi connectivity index (χ0v) is 20.5.